The smallest absolute Gasteiger partial charge is 0.236 e. The molecule has 0 saturated carbocycles. The molecule has 1 aromatic carbocycles. The predicted molar refractivity (Wildman–Crippen MR) is 115 cm³/mol. The highest BCUT2D eigenvalue weighted by Crippen LogP contribution is 2.46. The number of carbonyl (C=O) groups is 1. The molecule has 1 aromatic heterocycles. The van der Waals surface area contributed by atoms with E-state index in [1.165, 1.54) is 12.8 Å². The van der Waals surface area contributed by atoms with Gasteiger partial charge in [0.25, 0.3) is 0 Å². The molecule has 2 saturated heterocycles. The number of piperidine rings is 1. The minimum atomic E-state index is -0.581. The van der Waals surface area contributed by atoms with Gasteiger partial charge in [-0.15, -0.1) is 0 Å². The number of amides is 1. The number of nitrogens with zero attached hydrogens (tertiary/aromatic N) is 3. The zero-order valence-corrected chi connectivity index (χ0v) is 17.9. The third kappa shape index (κ3) is 4.05. The Morgan fingerprint density at radius 1 is 1.24 bits per heavy atom. The number of benzene rings is 1. The van der Waals surface area contributed by atoms with Gasteiger partial charge < -0.3 is 10.0 Å². The van der Waals surface area contributed by atoms with E-state index >= 15 is 0 Å². The van der Waals surface area contributed by atoms with Crippen LogP contribution in [0.15, 0.2) is 18.3 Å². The number of aromatic amines is 1. The first-order chi connectivity index (χ1) is 13.9. The number of aliphatic hydroxyl groups is 1. The van der Waals surface area contributed by atoms with Gasteiger partial charge in [0, 0.05) is 24.0 Å². The molecular weight excluding hydrogens is 364 g/mol. The second-order valence-electron chi connectivity index (χ2n) is 9.55. The molecule has 6 heteroatoms. The SMILES string of the molecule is Cc1cc([C@@H](O)C(C)(C)C2CCN(C(=O)CN3CCCC3)CC2)c2[nH]ncc2c1. The molecule has 2 aliphatic heterocycles. The summed E-state index contributed by atoms with van der Waals surface area (Å²) < 4.78 is 0. The molecule has 0 aliphatic carbocycles. The highest BCUT2D eigenvalue weighted by molar-refractivity contribution is 5.82. The first-order valence-electron chi connectivity index (χ1n) is 11.0. The van der Waals surface area contributed by atoms with Crippen molar-refractivity contribution in [1.29, 1.82) is 0 Å². The Morgan fingerprint density at radius 2 is 1.93 bits per heavy atom. The molecule has 4 rings (SSSR count). The number of hydrogen-bond acceptors (Lipinski definition) is 4. The molecule has 2 aliphatic rings. The van der Waals surface area contributed by atoms with Crippen LogP contribution in [0, 0.1) is 18.3 Å². The van der Waals surface area contributed by atoms with E-state index in [9.17, 15) is 9.90 Å². The zero-order chi connectivity index (χ0) is 20.6. The third-order valence-electron chi connectivity index (χ3n) is 7.18. The van der Waals surface area contributed by atoms with Gasteiger partial charge in [-0.25, -0.2) is 0 Å². The Balaban J connectivity index is 1.42. The molecule has 29 heavy (non-hydrogen) atoms. The van der Waals surface area contributed by atoms with Crippen molar-refractivity contribution < 1.29 is 9.90 Å². The van der Waals surface area contributed by atoms with Crippen LogP contribution in [0.4, 0.5) is 0 Å². The minimum absolute atomic E-state index is 0.265. The molecule has 158 valence electrons. The van der Waals surface area contributed by atoms with E-state index in [4.69, 9.17) is 0 Å². The second-order valence-corrected chi connectivity index (χ2v) is 9.55. The van der Waals surface area contributed by atoms with Crippen LogP contribution in [0.1, 0.15) is 56.8 Å². The number of aliphatic hydroxyl groups excluding tert-OH is 1. The Bertz CT molecular complexity index is 861. The van der Waals surface area contributed by atoms with Crippen molar-refractivity contribution in [3.8, 4) is 0 Å². The van der Waals surface area contributed by atoms with Crippen LogP contribution in [0.3, 0.4) is 0 Å². The van der Waals surface area contributed by atoms with Crippen molar-refractivity contribution in [1.82, 2.24) is 20.0 Å². The summed E-state index contributed by atoms with van der Waals surface area (Å²) in [7, 11) is 0. The molecule has 2 aromatic rings. The highest BCUT2D eigenvalue weighted by Gasteiger charge is 2.40. The second kappa shape index (κ2) is 8.07. The number of rotatable bonds is 5. The van der Waals surface area contributed by atoms with Gasteiger partial charge in [0.05, 0.1) is 24.4 Å². The molecule has 0 bridgehead atoms. The fraction of sp³-hybridized carbons (Fsp3) is 0.652. The minimum Gasteiger partial charge on any atom is -0.388 e. The van der Waals surface area contributed by atoms with Crippen molar-refractivity contribution in [2.24, 2.45) is 11.3 Å². The average Bonchev–Trinajstić information content (AvgIpc) is 3.38. The number of aromatic nitrogens is 2. The van der Waals surface area contributed by atoms with E-state index in [1.54, 1.807) is 0 Å². The van der Waals surface area contributed by atoms with Gasteiger partial charge in [-0.1, -0.05) is 19.9 Å². The third-order valence-corrected chi connectivity index (χ3v) is 7.18. The number of H-pyrrole nitrogens is 1. The predicted octanol–water partition coefficient (Wildman–Crippen LogP) is 3.27. The van der Waals surface area contributed by atoms with E-state index in [1.807, 2.05) is 11.1 Å². The summed E-state index contributed by atoms with van der Waals surface area (Å²) in [5.41, 5.74) is 2.70. The molecule has 1 amide bonds. The van der Waals surface area contributed by atoms with E-state index in [0.29, 0.717) is 12.5 Å². The summed E-state index contributed by atoms with van der Waals surface area (Å²) in [4.78, 5) is 16.9. The van der Waals surface area contributed by atoms with Crippen LogP contribution in [0.2, 0.25) is 0 Å². The van der Waals surface area contributed by atoms with Gasteiger partial charge in [-0.3, -0.25) is 14.8 Å². The number of nitrogens with one attached hydrogen (secondary N) is 1. The van der Waals surface area contributed by atoms with Crippen molar-refractivity contribution >= 4 is 16.8 Å². The van der Waals surface area contributed by atoms with Gasteiger partial charge in [0.1, 0.15) is 0 Å². The summed E-state index contributed by atoms with van der Waals surface area (Å²) in [5.74, 6) is 0.633. The van der Waals surface area contributed by atoms with Gasteiger partial charge in [-0.05, 0) is 68.7 Å². The van der Waals surface area contributed by atoms with E-state index in [0.717, 1.165) is 61.1 Å². The van der Waals surface area contributed by atoms with Crippen molar-refractivity contribution in [3.63, 3.8) is 0 Å². The molecule has 0 spiro atoms. The van der Waals surface area contributed by atoms with Gasteiger partial charge >= 0.3 is 0 Å². The standard InChI is InChI=1S/C23H34N4O2/c1-16-12-17-14-24-25-21(17)19(13-16)22(29)23(2,3)18-6-10-27(11-7-18)20(28)15-26-8-4-5-9-26/h12-14,18,22,29H,4-11,15H2,1-3H3,(H,24,25)/t22-/m1/s1. The summed E-state index contributed by atoms with van der Waals surface area (Å²) in [6.45, 7) is 10.6. The number of carbonyl (C=O) groups excluding carboxylic acids is 1. The molecule has 3 heterocycles. The Labute approximate surface area is 173 Å². The average molecular weight is 399 g/mol. The normalized spacial score (nSPS) is 20.5. The topological polar surface area (TPSA) is 72.5 Å². The summed E-state index contributed by atoms with van der Waals surface area (Å²) in [6, 6.07) is 4.16. The van der Waals surface area contributed by atoms with Crippen LogP contribution >= 0.6 is 0 Å². The van der Waals surface area contributed by atoms with Crippen molar-refractivity contribution in [2.75, 3.05) is 32.7 Å². The van der Waals surface area contributed by atoms with Crippen LogP contribution in [-0.4, -0.2) is 63.7 Å². The lowest BCUT2D eigenvalue weighted by molar-refractivity contribution is -0.134. The number of likely N-dealkylation sites (tertiary alicyclic amines) is 2. The monoisotopic (exact) mass is 398 g/mol. The Kier molecular flexibility index (Phi) is 5.67. The maximum absolute atomic E-state index is 12.6. The van der Waals surface area contributed by atoms with E-state index in [2.05, 4.69) is 48.0 Å². The lowest BCUT2D eigenvalue weighted by Gasteiger charge is -2.43. The quantitative estimate of drug-likeness (QED) is 0.811. The molecular formula is C23H34N4O2. The van der Waals surface area contributed by atoms with E-state index in [-0.39, 0.29) is 11.3 Å². The highest BCUT2D eigenvalue weighted by atomic mass is 16.3. The maximum Gasteiger partial charge on any atom is 0.236 e. The Morgan fingerprint density at radius 3 is 2.62 bits per heavy atom. The zero-order valence-electron chi connectivity index (χ0n) is 17.9. The number of aryl methyl sites for hydroxylation is 1. The molecule has 6 nitrogen and oxygen atoms in total. The van der Waals surface area contributed by atoms with Crippen LogP contribution in [0.5, 0.6) is 0 Å². The first kappa shape index (κ1) is 20.4. The molecule has 1 atom stereocenters. The molecule has 0 radical (unpaired) electrons. The first-order valence-corrected chi connectivity index (χ1v) is 11.0. The van der Waals surface area contributed by atoms with Crippen molar-refractivity contribution in [3.05, 3.63) is 29.5 Å². The number of hydrogen-bond donors (Lipinski definition) is 2. The summed E-state index contributed by atoms with van der Waals surface area (Å²) in [5, 5.41) is 19.6. The lowest BCUT2D eigenvalue weighted by Crippen LogP contribution is -2.46. The van der Waals surface area contributed by atoms with Crippen LogP contribution in [-0.2, 0) is 4.79 Å². The number of fused-ring (bicyclic) bond motifs is 1. The summed E-state index contributed by atoms with van der Waals surface area (Å²) >= 11 is 0. The summed E-state index contributed by atoms with van der Waals surface area (Å²) in [6.07, 6.45) is 5.54. The lowest BCUT2D eigenvalue weighted by atomic mass is 9.68. The van der Waals surface area contributed by atoms with Gasteiger partial charge in [0.15, 0.2) is 0 Å². The van der Waals surface area contributed by atoms with Crippen LogP contribution in [0.25, 0.3) is 10.9 Å². The molecule has 2 fully saturated rings. The van der Waals surface area contributed by atoms with Gasteiger partial charge in [-0.2, -0.15) is 5.10 Å². The fourth-order valence-corrected chi connectivity index (χ4v) is 5.19. The molecule has 0 unspecified atom stereocenters. The Hall–Kier alpha value is -1.92. The van der Waals surface area contributed by atoms with Gasteiger partial charge in [0.2, 0.25) is 5.91 Å². The van der Waals surface area contributed by atoms with Crippen LogP contribution < -0.4 is 0 Å². The molecule has 2 N–H and O–H groups in total. The van der Waals surface area contributed by atoms with Crippen molar-refractivity contribution in [2.45, 2.75) is 52.6 Å². The fourth-order valence-electron chi connectivity index (χ4n) is 5.19. The van der Waals surface area contributed by atoms with E-state index < -0.39 is 6.10 Å². The maximum atomic E-state index is 12.6. The largest absolute Gasteiger partial charge is 0.388 e.